The van der Waals surface area contributed by atoms with Gasteiger partial charge in [-0.25, -0.2) is 10.6 Å². The molecule has 20 heavy (non-hydrogen) atoms. The highest BCUT2D eigenvalue weighted by Crippen LogP contribution is 2.11. The molecular formula is C13H27N5O2. The van der Waals surface area contributed by atoms with Crippen LogP contribution in [0.25, 0.3) is 0 Å². The van der Waals surface area contributed by atoms with Gasteiger partial charge < -0.3 is 15.0 Å². The lowest BCUT2D eigenvalue weighted by molar-refractivity contribution is 0.0963. The summed E-state index contributed by atoms with van der Waals surface area (Å²) in [6, 6.07) is 0.280. The number of piperidine rings is 1. The second-order valence-corrected chi connectivity index (χ2v) is 5.33. The number of amides is 1. The molecule has 1 fully saturated rings. The number of nitrogens with one attached hydrogen (secondary N) is 2. The van der Waals surface area contributed by atoms with E-state index in [1.807, 2.05) is 6.92 Å². The topological polar surface area (TPSA) is 92.0 Å². The Morgan fingerprint density at radius 2 is 2.10 bits per heavy atom. The molecule has 1 saturated heterocycles. The Kier molecular flexibility index (Phi) is 7.14. The van der Waals surface area contributed by atoms with Crippen LogP contribution in [-0.2, 0) is 4.74 Å². The molecule has 116 valence electrons. The van der Waals surface area contributed by atoms with E-state index in [0.29, 0.717) is 31.6 Å². The van der Waals surface area contributed by atoms with E-state index in [4.69, 9.17) is 10.6 Å². The van der Waals surface area contributed by atoms with Crippen LogP contribution in [0.2, 0.25) is 0 Å². The van der Waals surface area contributed by atoms with E-state index >= 15 is 0 Å². The van der Waals surface area contributed by atoms with E-state index in [1.54, 1.807) is 4.90 Å². The zero-order valence-electron chi connectivity index (χ0n) is 12.7. The summed E-state index contributed by atoms with van der Waals surface area (Å²) < 4.78 is 4.99. The number of rotatable bonds is 4. The highest BCUT2D eigenvalue weighted by atomic mass is 16.6. The number of hydrazine groups is 1. The zero-order valence-corrected chi connectivity index (χ0v) is 12.7. The van der Waals surface area contributed by atoms with Crippen LogP contribution in [0.5, 0.6) is 0 Å². The summed E-state index contributed by atoms with van der Waals surface area (Å²) in [5.74, 6) is 6.57. The molecule has 1 aliphatic rings. The van der Waals surface area contributed by atoms with Gasteiger partial charge in [0.25, 0.3) is 0 Å². The molecule has 0 unspecified atom stereocenters. The first-order valence-corrected chi connectivity index (χ1v) is 7.26. The SMILES string of the molecule is CCOC(=O)N1CCC(NC(=NCC(C)C)NN)CC1. The highest BCUT2D eigenvalue weighted by Gasteiger charge is 2.23. The maximum absolute atomic E-state index is 11.6. The third-order valence-corrected chi connectivity index (χ3v) is 3.11. The molecule has 0 aromatic heterocycles. The monoisotopic (exact) mass is 285 g/mol. The number of likely N-dealkylation sites (tertiary alicyclic amines) is 1. The molecule has 0 spiro atoms. The van der Waals surface area contributed by atoms with Gasteiger partial charge >= 0.3 is 6.09 Å². The number of carbonyl (C=O) groups is 1. The molecular weight excluding hydrogens is 258 g/mol. The molecule has 1 amide bonds. The molecule has 4 N–H and O–H groups in total. The fourth-order valence-electron chi connectivity index (χ4n) is 2.02. The average Bonchev–Trinajstić information content (AvgIpc) is 2.44. The van der Waals surface area contributed by atoms with E-state index < -0.39 is 0 Å². The van der Waals surface area contributed by atoms with Gasteiger partial charge in [-0.3, -0.25) is 10.4 Å². The second-order valence-electron chi connectivity index (χ2n) is 5.33. The molecule has 7 heteroatoms. The molecule has 0 radical (unpaired) electrons. The first-order valence-electron chi connectivity index (χ1n) is 7.26. The maximum Gasteiger partial charge on any atom is 0.409 e. The molecule has 0 bridgehead atoms. The van der Waals surface area contributed by atoms with Crippen LogP contribution >= 0.6 is 0 Å². The predicted molar refractivity (Wildman–Crippen MR) is 79.2 cm³/mol. The van der Waals surface area contributed by atoms with E-state index in [-0.39, 0.29) is 12.1 Å². The fraction of sp³-hybridized carbons (Fsp3) is 0.846. The van der Waals surface area contributed by atoms with Gasteiger partial charge in [-0.15, -0.1) is 0 Å². The molecule has 0 aromatic rings. The van der Waals surface area contributed by atoms with Crippen LogP contribution < -0.4 is 16.6 Å². The predicted octanol–water partition coefficient (Wildman–Crippen LogP) is 0.672. The third kappa shape index (κ3) is 5.64. The van der Waals surface area contributed by atoms with Crippen LogP contribution in [0.4, 0.5) is 4.79 Å². The van der Waals surface area contributed by atoms with Crippen LogP contribution in [0.3, 0.4) is 0 Å². The van der Waals surface area contributed by atoms with Gasteiger partial charge in [0, 0.05) is 25.7 Å². The van der Waals surface area contributed by atoms with Crippen LogP contribution in [0, 0.1) is 5.92 Å². The summed E-state index contributed by atoms with van der Waals surface area (Å²) in [6.45, 7) is 8.56. The molecule has 1 aliphatic heterocycles. The third-order valence-electron chi connectivity index (χ3n) is 3.11. The van der Waals surface area contributed by atoms with Gasteiger partial charge in [-0.05, 0) is 25.7 Å². The summed E-state index contributed by atoms with van der Waals surface area (Å²) >= 11 is 0. The maximum atomic E-state index is 11.6. The number of nitrogens with zero attached hydrogens (tertiary/aromatic N) is 2. The summed E-state index contributed by atoms with van der Waals surface area (Å²) in [4.78, 5) is 17.7. The largest absolute Gasteiger partial charge is 0.450 e. The summed E-state index contributed by atoms with van der Waals surface area (Å²) in [5, 5.41) is 3.29. The van der Waals surface area contributed by atoms with Gasteiger partial charge in [0.1, 0.15) is 0 Å². The summed E-state index contributed by atoms with van der Waals surface area (Å²) in [5.41, 5.74) is 2.59. The van der Waals surface area contributed by atoms with Crippen molar-refractivity contribution >= 4 is 12.1 Å². The molecule has 1 heterocycles. The van der Waals surface area contributed by atoms with Gasteiger partial charge in [0.2, 0.25) is 5.96 Å². The molecule has 1 rings (SSSR count). The Balaban J connectivity index is 2.37. The number of aliphatic imine (C=N–C) groups is 1. The van der Waals surface area contributed by atoms with Crippen molar-refractivity contribution in [1.82, 2.24) is 15.6 Å². The quantitative estimate of drug-likeness (QED) is 0.306. The number of nitrogens with two attached hydrogens (primary N) is 1. The van der Waals surface area contributed by atoms with E-state index in [9.17, 15) is 4.79 Å². The van der Waals surface area contributed by atoms with Crippen LogP contribution in [0.15, 0.2) is 4.99 Å². The molecule has 0 saturated carbocycles. The first-order chi connectivity index (χ1) is 9.56. The molecule has 0 atom stereocenters. The minimum absolute atomic E-state index is 0.225. The Labute approximate surface area is 120 Å². The van der Waals surface area contributed by atoms with Crippen LogP contribution in [0.1, 0.15) is 33.6 Å². The van der Waals surface area contributed by atoms with Crippen LogP contribution in [-0.4, -0.2) is 49.2 Å². The van der Waals surface area contributed by atoms with Crippen molar-refractivity contribution in [3.05, 3.63) is 0 Å². The minimum Gasteiger partial charge on any atom is -0.450 e. The second kappa shape index (κ2) is 8.63. The highest BCUT2D eigenvalue weighted by molar-refractivity contribution is 5.79. The fourth-order valence-corrected chi connectivity index (χ4v) is 2.02. The molecule has 7 nitrogen and oxygen atoms in total. The van der Waals surface area contributed by atoms with Crippen molar-refractivity contribution in [3.8, 4) is 0 Å². The van der Waals surface area contributed by atoms with Crippen molar-refractivity contribution in [3.63, 3.8) is 0 Å². The number of hydrogen-bond acceptors (Lipinski definition) is 4. The van der Waals surface area contributed by atoms with Gasteiger partial charge in [0.05, 0.1) is 6.61 Å². The standard InChI is InChI=1S/C13H27N5O2/c1-4-20-13(19)18-7-5-11(6-8-18)16-12(17-14)15-9-10(2)3/h10-11H,4-9,14H2,1-3H3,(H2,15,16,17). The smallest absolute Gasteiger partial charge is 0.409 e. The molecule has 0 aliphatic carbocycles. The van der Waals surface area contributed by atoms with Gasteiger partial charge in [-0.2, -0.15) is 0 Å². The number of carbonyl (C=O) groups excluding carboxylic acids is 1. The Bertz CT molecular complexity index is 325. The normalized spacial score (nSPS) is 17.2. The molecule has 0 aromatic carbocycles. The Hall–Kier alpha value is -1.50. The minimum atomic E-state index is -0.225. The van der Waals surface area contributed by atoms with Gasteiger partial charge in [-0.1, -0.05) is 13.8 Å². The average molecular weight is 285 g/mol. The lowest BCUT2D eigenvalue weighted by Gasteiger charge is -2.32. The first kappa shape index (κ1) is 16.6. The van der Waals surface area contributed by atoms with Crippen molar-refractivity contribution in [2.45, 2.75) is 39.7 Å². The van der Waals surface area contributed by atoms with Gasteiger partial charge in [0.15, 0.2) is 0 Å². The van der Waals surface area contributed by atoms with E-state index in [0.717, 1.165) is 19.4 Å². The zero-order chi connectivity index (χ0) is 15.0. The van der Waals surface area contributed by atoms with Crippen molar-refractivity contribution in [2.24, 2.45) is 16.8 Å². The van der Waals surface area contributed by atoms with Crippen molar-refractivity contribution < 1.29 is 9.53 Å². The van der Waals surface area contributed by atoms with E-state index in [1.165, 1.54) is 0 Å². The van der Waals surface area contributed by atoms with E-state index in [2.05, 4.69) is 29.6 Å². The lowest BCUT2D eigenvalue weighted by atomic mass is 10.1. The number of ether oxygens (including phenoxy) is 1. The lowest BCUT2D eigenvalue weighted by Crippen LogP contribution is -2.51. The summed E-state index contributed by atoms with van der Waals surface area (Å²) in [6.07, 6.45) is 1.50. The Morgan fingerprint density at radius 3 is 2.60 bits per heavy atom. The summed E-state index contributed by atoms with van der Waals surface area (Å²) in [7, 11) is 0. The van der Waals surface area contributed by atoms with Crippen molar-refractivity contribution in [2.75, 3.05) is 26.2 Å². The number of guanidine groups is 1. The number of hydrogen-bond donors (Lipinski definition) is 3. The van der Waals surface area contributed by atoms with Crippen molar-refractivity contribution in [1.29, 1.82) is 0 Å². The Morgan fingerprint density at radius 1 is 1.45 bits per heavy atom.